The van der Waals surface area contributed by atoms with Crippen molar-refractivity contribution in [2.45, 2.75) is 25.4 Å². The molecule has 3 rings (SSSR count). The number of phenolic OH excluding ortho intramolecular Hbond substituents is 1. The summed E-state index contributed by atoms with van der Waals surface area (Å²) in [4.78, 5) is 19.8. The van der Waals surface area contributed by atoms with Crippen molar-refractivity contribution in [1.29, 1.82) is 0 Å². The molecule has 0 atom stereocenters. The maximum atomic E-state index is 13.0. The lowest BCUT2D eigenvalue weighted by atomic mass is 9.97. The Hall–Kier alpha value is -2.90. The minimum Gasteiger partial charge on any atom is -0.507 e. The van der Waals surface area contributed by atoms with E-state index in [9.17, 15) is 23.1 Å². The van der Waals surface area contributed by atoms with Crippen LogP contribution < -0.4 is 0 Å². The molecule has 26 heavy (non-hydrogen) atoms. The van der Waals surface area contributed by atoms with E-state index >= 15 is 0 Å². The van der Waals surface area contributed by atoms with Crippen LogP contribution >= 0.6 is 0 Å². The summed E-state index contributed by atoms with van der Waals surface area (Å²) >= 11 is 0. The molecule has 136 valence electrons. The predicted molar refractivity (Wildman–Crippen MR) is 87.1 cm³/mol. The van der Waals surface area contributed by atoms with E-state index in [0.29, 0.717) is 36.1 Å². The molecule has 0 bridgehead atoms. The van der Waals surface area contributed by atoms with Gasteiger partial charge in [0.15, 0.2) is 5.69 Å². The maximum absolute atomic E-state index is 13.0. The summed E-state index contributed by atoms with van der Waals surface area (Å²) in [5.41, 5.74) is 0.924. The number of nitrogens with zero attached hydrogens (tertiary/aromatic N) is 2. The molecule has 0 aliphatic heterocycles. The molecule has 2 aromatic rings. The first kappa shape index (κ1) is 17.9. The molecule has 1 aliphatic rings. The second-order valence-corrected chi connectivity index (χ2v) is 5.82. The van der Waals surface area contributed by atoms with Crippen molar-refractivity contribution in [3.05, 3.63) is 53.1 Å². The number of aromatic hydroxyl groups is 1. The Morgan fingerprint density at radius 2 is 1.92 bits per heavy atom. The zero-order valence-electron chi connectivity index (χ0n) is 13.8. The summed E-state index contributed by atoms with van der Waals surface area (Å²) in [5, 5.41) is 10.1. The zero-order valence-corrected chi connectivity index (χ0v) is 13.8. The molecular formula is C18H15F3N2O3. The molecule has 0 saturated heterocycles. The van der Waals surface area contributed by atoms with Gasteiger partial charge in [-0.05, 0) is 48.6 Å². The monoisotopic (exact) mass is 364 g/mol. The fraction of sp³-hybridized carbons (Fsp3) is 0.278. The Kier molecular flexibility index (Phi) is 4.67. The van der Waals surface area contributed by atoms with Crippen LogP contribution in [0, 0.1) is 0 Å². The topological polar surface area (TPSA) is 72.3 Å². The second-order valence-electron chi connectivity index (χ2n) is 5.82. The lowest BCUT2D eigenvalue weighted by Gasteiger charge is -2.13. The molecule has 1 aromatic heterocycles. The van der Waals surface area contributed by atoms with Gasteiger partial charge in [0.2, 0.25) is 0 Å². The minimum atomic E-state index is -4.51. The number of carbonyl (C=O) groups is 1. The number of carbonyl (C=O) groups excluding carboxylic acids is 1. The van der Waals surface area contributed by atoms with Gasteiger partial charge in [0.05, 0.1) is 30.8 Å². The summed E-state index contributed by atoms with van der Waals surface area (Å²) in [6.45, 7) is 0. The Bertz CT molecular complexity index is 891. The molecule has 0 saturated carbocycles. The molecule has 0 spiro atoms. The number of ether oxygens (including phenoxy) is 1. The van der Waals surface area contributed by atoms with Crippen LogP contribution in [0.25, 0.3) is 11.1 Å². The van der Waals surface area contributed by atoms with E-state index in [1.54, 1.807) is 0 Å². The van der Waals surface area contributed by atoms with Crippen molar-refractivity contribution in [1.82, 2.24) is 9.97 Å². The SMILES string of the molecule is COC(=O)c1cncc(C2=C(c3cc(C(F)(F)F)ccc3O)CCC2)n1. The Morgan fingerprint density at radius 3 is 2.62 bits per heavy atom. The van der Waals surface area contributed by atoms with Gasteiger partial charge in [-0.3, -0.25) is 4.98 Å². The van der Waals surface area contributed by atoms with Gasteiger partial charge in [0.25, 0.3) is 0 Å². The minimum absolute atomic E-state index is 0.0111. The first-order valence-electron chi connectivity index (χ1n) is 7.84. The quantitative estimate of drug-likeness (QED) is 0.831. The van der Waals surface area contributed by atoms with E-state index < -0.39 is 17.7 Å². The first-order chi connectivity index (χ1) is 12.3. The fourth-order valence-corrected chi connectivity index (χ4v) is 2.99. The molecule has 1 aliphatic carbocycles. The van der Waals surface area contributed by atoms with E-state index in [2.05, 4.69) is 14.7 Å². The largest absolute Gasteiger partial charge is 0.507 e. The molecule has 5 nitrogen and oxygen atoms in total. The smallest absolute Gasteiger partial charge is 0.416 e. The van der Waals surface area contributed by atoms with E-state index in [0.717, 1.165) is 18.2 Å². The van der Waals surface area contributed by atoms with Crippen LogP contribution in [0.3, 0.4) is 0 Å². The molecular weight excluding hydrogens is 349 g/mol. The number of benzene rings is 1. The van der Waals surface area contributed by atoms with Crippen LogP contribution in [0.5, 0.6) is 5.75 Å². The van der Waals surface area contributed by atoms with Gasteiger partial charge in [0.1, 0.15) is 5.75 Å². The van der Waals surface area contributed by atoms with Gasteiger partial charge in [-0.1, -0.05) is 0 Å². The van der Waals surface area contributed by atoms with Crippen LogP contribution in [0.1, 0.15) is 46.6 Å². The number of allylic oxidation sites excluding steroid dienone is 2. The van der Waals surface area contributed by atoms with Gasteiger partial charge in [0, 0.05) is 5.56 Å². The third-order valence-electron chi connectivity index (χ3n) is 4.21. The third-order valence-corrected chi connectivity index (χ3v) is 4.21. The second kappa shape index (κ2) is 6.78. The Balaban J connectivity index is 2.11. The molecule has 1 heterocycles. The van der Waals surface area contributed by atoms with Crippen molar-refractivity contribution >= 4 is 17.1 Å². The number of halogens is 3. The highest BCUT2D eigenvalue weighted by Crippen LogP contribution is 2.43. The summed E-state index contributed by atoms with van der Waals surface area (Å²) in [5.74, 6) is -0.883. The lowest BCUT2D eigenvalue weighted by molar-refractivity contribution is -0.137. The third kappa shape index (κ3) is 3.40. The van der Waals surface area contributed by atoms with Gasteiger partial charge >= 0.3 is 12.1 Å². The van der Waals surface area contributed by atoms with Gasteiger partial charge < -0.3 is 9.84 Å². The van der Waals surface area contributed by atoms with E-state index in [1.807, 2.05) is 0 Å². The van der Waals surface area contributed by atoms with Crippen LogP contribution in [-0.2, 0) is 10.9 Å². The fourth-order valence-electron chi connectivity index (χ4n) is 2.99. The Labute approximate surface area is 147 Å². The lowest BCUT2D eigenvalue weighted by Crippen LogP contribution is -2.07. The number of aromatic nitrogens is 2. The molecule has 8 heteroatoms. The normalized spacial score (nSPS) is 14.6. The number of hydrogen-bond donors (Lipinski definition) is 1. The van der Waals surface area contributed by atoms with Crippen molar-refractivity contribution in [2.24, 2.45) is 0 Å². The van der Waals surface area contributed by atoms with Gasteiger partial charge in [-0.2, -0.15) is 13.2 Å². The van der Waals surface area contributed by atoms with Crippen molar-refractivity contribution < 1.29 is 27.8 Å². The van der Waals surface area contributed by atoms with E-state index in [1.165, 1.54) is 19.5 Å². The first-order valence-corrected chi connectivity index (χ1v) is 7.84. The molecule has 0 unspecified atom stereocenters. The molecule has 0 radical (unpaired) electrons. The predicted octanol–water partition coefficient (Wildman–Crippen LogP) is 4.08. The summed E-state index contributed by atoms with van der Waals surface area (Å²) < 4.78 is 43.7. The number of esters is 1. The van der Waals surface area contributed by atoms with Crippen LogP contribution in [0.15, 0.2) is 30.6 Å². The summed E-state index contributed by atoms with van der Waals surface area (Å²) in [7, 11) is 1.22. The Morgan fingerprint density at radius 1 is 1.19 bits per heavy atom. The highest BCUT2D eigenvalue weighted by atomic mass is 19.4. The van der Waals surface area contributed by atoms with E-state index in [4.69, 9.17) is 0 Å². The maximum Gasteiger partial charge on any atom is 0.416 e. The van der Waals surface area contributed by atoms with Crippen LogP contribution in [-0.4, -0.2) is 28.2 Å². The highest BCUT2D eigenvalue weighted by Gasteiger charge is 2.32. The molecule has 0 amide bonds. The van der Waals surface area contributed by atoms with Crippen molar-refractivity contribution in [3.8, 4) is 5.75 Å². The standard InChI is InChI=1S/C18H15F3N2O3/c1-26-17(25)15-9-22-8-14(23-15)12-4-2-3-11(12)13-7-10(18(19,20)21)5-6-16(13)24/h5-9,24H,2-4H2,1H3. The van der Waals surface area contributed by atoms with Crippen molar-refractivity contribution in [2.75, 3.05) is 7.11 Å². The van der Waals surface area contributed by atoms with Crippen LogP contribution in [0.2, 0.25) is 0 Å². The number of rotatable bonds is 3. The van der Waals surface area contributed by atoms with Gasteiger partial charge in [-0.15, -0.1) is 0 Å². The summed E-state index contributed by atoms with van der Waals surface area (Å²) in [6, 6.07) is 2.82. The molecule has 1 aromatic carbocycles. The molecule has 0 fully saturated rings. The average Bonchev–Trinajstić information content (AvgIpc) is 3.10. The number of hydrogen-bond acceptors (Lipinski definition) is 5. The molecule has 1 N–H and O–H groups in total. The van der Waals surface area contributed by atoms with Crippen molar-refractivity contribution in [3.63, 3.8) is 0 Å². The average molecular weight is 364 g/mol. The number of alkyl halides is 3. The zero-order chi connectivity index (χ0) is 18.9. The highest BCUT2D eigenvalue weighted by molar-refractivity contribution is 5.94. The van der Waals surface area contributed by atoms with Crippen LogP contribution in [0.4, 0.5) is 13.2 Å². The van der Waals surface area contributed by atoms with E-state index in [-0.39, 0.29) is 17.0 Å². The number of methoxy groups -OCH3 is 1. The summed E-state index contributed by atoms with van der Waals surface area (Å²) in [6.07, 6.45) is -0.0560. The van der Waals surface area contributed by atoms with Gasteiger partial charge in [-0.25, -0.2) is 9.78 Å². The number of phenols is 1.